The van der Waals surface area contributed by atoms with Crippen LogP contribution in [0.25, 0.3) is 5.57 Å². The van der Waals surface area contributed by atoms with Gasteiger partial charge in [-0.2, -0.15) is 0 Å². The molecule has 1 rings (SSSR count). The second kappa shape index (κ2) is 8.68. The van der Waals surface area contributed by atoms with E-state index in [2.05, 4.69) is 56.1 Å². The molecule has 0 bridgehead atoms. The summed E-state index contributed by atoms with van der Waals surface area (Å²) >= 11 is 0. The Morgan fingerprint density at radius 1 is 1.11 bits per heavy atom. The van der Waals surface area contributed by atoms with Gasteiger partial charge in [0, 0.05) is 13.3 Å². The summed E-state index contributed by atoms with van der Waals surface area (Å²) < 4.78 is 0. The van der Waals surface area contributed by atoms with E-state index >= 15 is 0 Å². The van der Waals surface area contributed by atoms with E-state index in [1.165, 1.54) is 42.4 Å². The highest BCUT2D eigenvalue weighted by Gasteiger charge is 2.09. The number of benzene rings is 1. The quantitative estimate of drug-likeness (QED) is 0.574. The number of nitrogens with zero attached hydrogens (tertiary/aromatic N) is 1. The molecular weight excluding hydrogens is 230 g/mol. The normalized spacial score (nSPS) is 12.6. The predicted octanol–water partition coefficient (Wildman–Crippen LogP) is 5.47. The molecule has 0 spiro atoms. The number of rotatable bonds is 7. The molecule has 0 heterocycles. The Bertz CT molecular complexity index is 406. The average Bonchev–Trinajstić information content (AvgIpc) is 2.45. The summed E-state index contributed by atoms with van der Waals surface area (Å²) in [6.45, 7) is 6.60. The topological polar surface area (TPSA) is 12.4 Å². The van der Waals surface area contributed by atoms with Crippen LogP contribution in [0, 0.1) is 0 Å². The summed E-state index contributed by atoms with van der Waals surface area (Å²) in [6, 6.07) is 9.03. The van der Waals surface area contributed by atoms with Gasteiger partial charge in [0.25, 0.3) is 0 Å². The standard InChI is InChI=1S/C18H27N/c1-5-8-16(9-6-2)18-12-10-17(11-13-18)15(7-3)14-19-4/h7,10-14,16H,5-6,8-9H2,1-4H3/b15-7+,19-14?. The van der Waals surface area contributed by atoms with Crippen LogP contribution >= 0.6 is 0 Å². The molecule has 0 aliphatic rings. The minimum Gasteiger partial charge on any atom is -0.296 e. The molecular formula is C18H27N. The molecule has 19 heavy (non-hydrogen) atoms. The van der Waals surface area contributed by atoms with Gasteiger partial charge in [-0.25, -0.2) is 0 Å². The lowest BCUT2D eigenvalue weighted by Crippen LogP contribution is -1.98. The maximum absolute atomic E-state index is 4.11. The van der Waals surface area contributed by atoms with Crippen LogP contribution in [0.2, 0.25) is 0 Å². The van der Waals surface area contributed by atoms with Gasteiger partial charge in [0.15, 0.2) is 0 Å². The van der Waals surface area contributed by atoms with E-state index in [1.807, 2.05) is 13.3 Å². The number of hydrogen-bond acceptors (Lipinski definition) is 1. The zero-order valence-corrected chi connectivity index (χ0v) is 12.8. The lowest BCUT2D eigenvalue weighted by atomic mass is 9.89. The molecule has 0 atom stereocenters. The molecule has 0 N–H and O–H groups in total. The molecule has 0 aromatic heterocycles. The Hall–Kier alpha value is -1.37. The molecule has 1 aromatic rings. The fraction of sp³-hybridized carbons (Fsp3) is 0.500. The third-order valence-electron chi connectivity index (χ3n) is 3.57. The predicted molar refractivity (Wildman–Crippen MR) is 87.1 cm³/mol. The summed E-state index contributed by atoms with van der Waals surface area (Å²) in [5, 5.41) is 0. The van der Waals surface area contributed by atoms with Crippen molar-refractivity contribution in [1.82, 2.24) is 0 Å². The Balaban J connectivity index is 2.90. The van der Waals surface area contributed by atoms with Crippen LogP contribution in [0.5, 0.6) is 0 Å². The van der Waals surface area contributed by atoms with Crippen LogP contribution < -0.4 is 0 Å². The summed E-state index contributed by atoms with van der Waals surface area (Å²) in [6.07, 6.45) is 9.13. The molecule has 1 aromatic carbocycles. The molecule has 0 aliphatic carbocycles. The Kier molecular flexibility index (Phi) is 7.17. The average molecular weight is 257 g/mol. The van der Waals surface area contributed by atoms with E-state index in [4.69, 9.17) is 0 Å². The lowest BCUT2D eigenvalue weighted by molar-refractivity contribution is 0.561. The Morgan fingerprint density at radius 3 is 2.11 bits per heavy atom. The van der Waals surface area contributed by atoms with Crippen molar-refractivity contribution in [3.8, 4) is 0 Å². The van der Waals surface area contributed by atoms with Gasteiger partial charge in [-0.15, -0.1) is 0 Å². The zero-order valence-electron chi connectivity index (χ0n) is 12.8. The highest BCUT2D eigenvalue weighted by molar-refractivity contribution is 6.09. The third kappa shape index (κ3) is 4.66. The van der Waals surface area contributed by atoms with Crippen molar-refractivity contribution < 1.29 is 0 Å². The number of aliphatic imine (C=N–C) groups is 1. The van der Waals surface area contributed by atoms with Crippen molar-refractivity contribution in [3.05, 3.63) is 41.5 Å². The lowest BCUT2D eigenvalue weighted by Gasteiger charge is -2.16. The first kappa shape index (κ1) is 15.7. The van der Waals surface area contributed by atoms with Crippen molar-refractivity contribution in [2.24, 2.45) is 4.99 Å². The summed E-state index contributed by atoms with van der Waals surface area (Å²) in [5.41, 5.74) is 3.93. The first-order chi connectivity index (χ1) is 9.26. The minimum atomic E-state index is 0.720. The summed E-state index contributed by atoms with van der Waals surface area (Å²) in [4.78, 5) is 4.11. The number of allylic oxidation sites excluding steroid dienone is 2. The highest BCUT2D eigenvalue weighted by Crippen LogP contribution is 2.27. The molecule has 0 unspecified atom stereocenters. The van der Waals surface area contributed by atoms with Crippen molar-refractivity contribution in [1.29, 1.82) is 0 Å². The Labute approximate surface area is 118 Å². The second-order valence-electron chi connectivity index (χ2n) is 5.03. The SMILES string of the molecule is C/C=C(\C=NC)c1ccc(C(CCC)CCC)cc1. The van der Waals surface area contributed by atoms with Crippen LogP contribution in [0.3, 0.4) is 0 Å². The van der Waals surface area contributed by atoms with Gasteiger partial charge in [0.1, 0.15) is 0 Å². The van der Waals surface area contributed by atoms with Crippen LogP contribution in [0.4, 0.5) is 0 Å². The highest BCUT2D eigenvalue weighted by atomic mass is 14.6. The molecule has 0 saturated heterocycles. The fourth-order valence-corrected chi connectivity index (χ4v) is 2.58. The van der Waals surface area contributed by atoms with Crippen LogP contribution in [0.15, 0.2) is 35.3 Å². The van der Waals surface area contributed by atoms with E-state index in [-0.39, 0.29) is 0 Å². The largest absolute Gasteiger partial charge is 0.296 e. The first-order valence-electron chi connectivity index (χ1n) is 7.45. The molecule has 0 fully saturated rings. The van der Waals surface area contributed by atoms with Gasteiger partial charge in [-0.3, -0.25) is 4.99 Å². The molecule has 0 saturated carbocycles. The summed E-state index contributed by atoms with van der Waals surface area (Å²) in [7, 11) is 1.82. The van der Waals surface area contributed by atoms with Crippen LogP contribution in [-0.4, -0.2) is 13.3 Å². The first-order valence-corrected chi connectivity index (χ1v) is 7.45. The van der Waals surface area contributed by atoms with E-state index < -0.39 is 0 Å². The molecule has 0 radical (unpaired) electrons. The van der Waals surface area contributed by atoms with E-state index in [0.717, 1.165) is 5.92 Å². The van der Waals surface area contributed by atoms with Gasteiger partial charge in [0.05, 0.1) is 0 Å². The Morgan fingerprint density at radius 2 is 1.68 bits per heavy atom. The van der Waals surface area contributed by atoms with E-state index in [0.29, 0.717) is 0 Å². The van der Waals surface area contributed by atoms with Crippen molar-refractivity contribution in [2.45, 2.75) is 52.4 Å². The van der Waals surface area contributed by atoms with Gasteiger partial charge >= 0.3 is 0 Å². The maximum atomic E-state index is 4.11. The molecule has 0 amide bonds. The molecule has 1 heteroatoms. The van der Waals surface area contributed by atoms with E-state index in [9.17, 15) is 0 Å². The van der Waals surface area contributed by atoms with Gasteiger partial charge in [-0.1, -0.05) is 57.0 Å². The van der Waals surface area contributed by atoms with Gasteiger partial charge < -0.3 is 0 Å². The van der Waals surface area contributed by atoms with Crippen LogP contribution in [-0.2, 0) is 0 Å². The van der Waals surface area contributed by atoms with Gasteiger partial charge in [0.2, 0.25) is 0 Å². The second-order valence-corrected chi connectivity index (χ2v) is 5.03. The van der Waals surface area contributed by atoms with Crippen LogP contribution in [0.1, 0.15) is 63.5 Å². The van der Waals surface area contributed by atoms with Crippen molar-refractivity contribution >= 4 is 11.8 Å². The fourth-order valence-electron chi connectivity index (χ4n) is 2.58. The van der Waals surface area contributed by atoms with Crippen molar-refractivity contribution in [2.75, 3.05) is 7.05 Å². The molecule has 0 aliphatic heterocycles. The molecule has 1 nitrogen and oxygen atoms in total. The van der Waals surface area contributed by atoms with Gasteiger partial charge in [-0.05, 0) is 42.4 Å². The van der Waals surface area contributed by atoms with Crippen molar-refractivity contribution in [3.63, 3.8) is 0 Å². The third-order valence-corrected chi connectivity index (χ3v) is 3.57. The molecule has 104 valence electrons. The zero-order chi connectivity index (χ0) is 14.1. The number of hydrogen-bond donors (Lipinski definition) is 0. The smallest absolute Gasteiger partial charge is 0.0284 e. The minimum absolute atomic E-state index is 0.720. The van der Waals surface area contributed by atoms with E-state index in [1.54, 1.807) is 0 Å². The maximum Gasteiger partial charge on any atom is 0.0284 e. The summed E-state index contributed by atoms with van der Waals surface area (Å²) in [5.74, 6) is 0.720. The monoisotopic (exact) mass is 257 g/mol.